The predicted molar refractivity (Wildman–Crippen MR) is 120 cm³/mol. The summed E-state index contributed by atoms with van der Waals surface area (Å²) >= 11 is 1.77. The predicted octanol–water partition coefficient (Wildman–Crippen LogP) is 3.79. The molecule has 1 N–H and O–H groups in total. The highest BCUT2D eigenvalue weighted by atomic mass is 32.1. The summed E-state index contributed by atoms with van der Waals surface area (Å²) in [5.41, 5.74) is 1.14. The van der Waals surface area contributed by atoms with Crippen molar-refractivity contribution >= 4 is 17.3 Å². The fourth-order valence-corrected chi connectivity index (χ4v) is 4.75. The Morgan fingerprint density at radius 1 is 1.31 bits per heavy atom. The monoisotopic (exact) mass is 422 g/mol. The van der Waals surface area contributed by atoms with Crippen molar-refractivity contribution in [2.45, 2.75) is 77.4 Å². The third-order valence-corrected chi connectivity index (χ3v) is 6.62. The zero-order valence-electron chi connectivity index (χ0n) is 18.2. The molecule has 0 aliphatic carbocycles. The largest absolute Gasteiger partial charge is 0.376 e. The van der Waals surface area contributed by atoms with Crippen molar-refractivity contribution in [1.82, 2.24) is 15.2 Å². The Morgan fingerprint density at radius 2 is 2.17 bits per heavy atom. The van der Waals surface area contributed by atoms with Gasteiger partial charge in [-0.1, -0.05) is 0 Å². The smallest absolute Gasteiger partial charge is 0.193 e. The number of hydrogen-bond acceptors (Lipinski definition) is 5. The Labute approximate surface area is 180 Å². The molecule has 1 unspecified atom stereocenters. The molecule has 0 bridgehead atoms. The molecule has 1 aromatic heterocycles. The number of nitrogens with zero attached hydrogens (tertiary/aromatic N) is 3. The Morgan fingerprint density at radius 3 is 2.86 bits per heavy atom. The van der Waals surface area contributed by atoms with Crippen LogP contribution in [0.25, 0.3) is 0 Å². The minimum atomic E-state index is 0.314. The first kappa shape index (κ1) is 22.5. The van der Waals surface area contributed by atoms with Gasteiger partial charge in [0.05, 0.1) is 23.8 Å². The molecule has 29 heavy (non-hydrogen) atoms. The van der Waals surface area contributed by atoms with Gasteiger partial charge in [0.2, 0.25) is 0 Å². The zero-order chi connectivity index (χ0) is 20.3. The van der Waals surface area contributed by atoms with E-state index in [1.54, 1.807) is 11.3 Å². The van der Waals surface area contributed by atoms with Crippen LogP contribution in [0.3, 0.4) is 0 Å². The number of guanidine groups is 1. The quantitative estimate of drug-likeness (QED) is 0.373. The SMILES string of the molecule is CCNC(=NCCCCc1nc(C)cs1)N1CCC(OCC2CCCCO2)CC1. The van der Waals surface area contributed by atoms with Gasteiger partial charge in [0.1, 0.15) is 0 Å². The van der Waals surface area contributed by atoms with Gasteiger partial charge in [-0.25, -0.2) is 4.98 Å². The molecule has 0 spiro atoms. The molecule has 6 nitrogen and oxygen atoms in total. The molecular weight excluding hydrogens is 384 g/mol. The first-order chi connectivity index (χ1) is 14.2. The molecule has 0 radical (unpaired) electrons. The number of aromatic nitrogens is 1. The number of nitrogens with one attached hydrogen (secondary N) is 1. The minimum absolute atomic E-state index is 0.314. The standard InChI is InChI=1S/C22H38N4O2S/c1-3-23-22(24-12-6-4-9-21-25-18(2)17-29-21)26-13-10-19(11-14-26)28-16-20-8-5-7-15-27-20/h17,19-20H,3-16H2,1-2H3,(H,23,24). The third kappa shape index (κ3) is 7.87. The summed E-state index contributed by atoms with van der Waals surface area (Å²) in [5.74, 6) is 1.06. The summed E-state index contributed by atoms with van der Waals surface area (Å²) in [6.07, 6.45) is 9.76. The second kappa shape index (κ2) is 12.5. The number of piperidine rings is 1. The van der Waals surface area contributed by atoms with E-state index in [0.717, 1.165) is 89.6 Å². The van der Waals surface area contributed by atoms with Crippen LogP contribution in [-0.4, -0.2) is 67.4 Å². The summed E-state index contributed by atoms with van der Waals surface area (Å²) in [5, 5.41) is 6.85. The number of ether oxygens (including phenoxy) is 2. The Hall–Kier alpha value is -1.18. The minimum Gasteiger partial charge on any atom is -0.376 e. The lowest BCUT2D eigenvalue weighted by atomic mass is 10.1. The van der Waals surface area contributed by atoms with Gasteiger partial charge in [0.25, 0.3) is 0 Å². The van der Waals surface area contributed by atoms with Gasteiger partial charge in [-0.2, -0.15) is 0 Å². The van der Waals surface area contributed by atoms with Crippen LogP contribution in [0.2, 0.25) is 0 Å². The van der Waals surface area contributed by atoms with E-state index in [4.69, 9.17) is 14.5 Å². The van der Waals surface area contributed by atoms with E-state index in [0.29, 0.717) is 12.2 Å². The van der Waals surface area contributed by atoms with E-state index in [2.05, 4.69) is 34.4 Å². The van der Waals surface area contributed by atoms with Gasteiger partial charge >= 0.3 is 0 Å². The molecule has 3 heterocycles. The maximum absolute atomic E-state index is 6.15. The first-order valence-corrected chi connectivity index (χ1v) is 12.3. The lowest BCUT2D eigenvalue weighted by molar-refractivity contribution is -0.0721. The Kier molecular flexibility index (Phi) is 9.70. The summed E-state index contributed by atoms with van der Waals surface area (Å²) in [6, 6.07) is 0. The maximum atomic E-state index is 6.15. The molecule has 3 rings (SSSR count). The summed E-state index contributed by atoms with van der Waals surface area (Å²) < 4.78 is 11.9. The number of likely N-dealkylation sites (tertiary alicyclic amines) is 1. The molecule has 2 aliphatic rings. The van der Waals surface area contributed by atoms with E-state index in [1.165, 1.54) is 17.8 Å². The van der Waals surface area contributed by atoms with Crippen LogP contribution < -0.4 is 5.32 Å². The number of rotatable bonds is 9. The normalized spacial score (nSPS) is 21.5. The number of aryl methyl sites for hydroxylation is 2. The molecular formula is C22H38N4O2S. The van der Waals surface area contributed by atoms with Crippen LogP contribution >= 0.6 is 11.3 Å². The van der Waals surface area contributed by atoms with Crippen LogP contribution in [-0.2, 0) is 15.9 Å². The maximum Gasteiger partial charge on any atom is 0.193 e. The average Bonchev–Trinajstić information content (AvgIpc) is 3.17. The topological polar surface area (TPSA) is 59.0 Å². The van der Waals surface area contributed by atoms with E-state index in [-0.39, 0.29) is 0 Å². The molecule has 164 valence electrons. The van der Waals surface area contributed by atoms with Gasteiger partial charge < -0.3 is 19.7 Å². The molecule has 1 atom stereocenters. The summed E-state index contributed by atoms with van der Waals surface area (Å²) in [6.45, 7) is 9.68. The number of hydrogen-bond donors (Lipinski definition) is 1. The molecule has 2 fully saturated rings. The van der Waals surface area contributed by atoms with Crippen LogP contribution in [0, 0.1) is 6.92 Å². The van der Waals surface area contributed by atoms with Crippen molar-refractivity contribution in [1.29, 1.82) is 0 Å². The van der Waals surface area contributed by atoms with E-state index in [9.17, 15) is 0 Å². The zero-order valence-corrected chi connectivity index (χ0v) is 19.0. The molecule has 7 heteroatoms. The number of aliphatic imine (C=N–C) groups is 1. The second-order valence-corrected chi connectivity index (χ2v) is 9.03. The highest BCUT2D eigenvalue weighted by Gasteiger charge is 2.23. The van der Waals surface area contributed by atoms with E-state index in [1.807, 2.05) is 0 Å². The molecule has 1 aromatic rings. The van der Waals surface area contributed by atoms with Crippen molar-refractivity contribution in [3.63, 3.8) is 0 Å². The lowest BCUT2D eigenvalue weighted by Crippen LogP contribution is -2.47. The van der Waals surface area contributed by atoms with Crippen LogP contribution in [0.5, 0.6) is 0 Å². The highest BCUT2D eigenvalue weighted by molar-refractivity contribution is 7.09. The van der Waals surface area contributed by atoms with Crippen molar-refractivity contribution in [2.75, 3.05) is 39.4 Å². The number of thiazole rings is 1. The van der Waals surface area contributed by atoms with Gasteiger partial charge in [-0.15, -0.1) is 11.3 Å². The van der Waals surface area contributed by atoms with Gasteiger partial charge in [-0.3, -0.25) is 4.99 Å². The highest BCUT2D eigenvalue weighted by Crippen LogP contribution is 2.18. The first-order valence-electron chi connectivity index (χ1n) is 11.4. The number of unbranched alkanes of at least 4 members (excludes halogenated alkanes) is 1. The molecule has 2 aliphatic heterocycles. The average molecular weight is 423 g/mol. The van der Waals surface area contributed by atoms with E-state index < -0.39 is 0 Å². The Balaban J connectivity index is 1.34. The van der Waals surface area contributed by atoms with Crippen molar-refractivity contribution < 1.29 is 9.47 Å². The third-order valence-electron chi connectivity index (χ3n) is 5.60. The summed E-state index contributed by atoms with van der Waals surface area (Å²) in [7, 11) is 0. The molecule has 0 saturated carbocycles. The molecule has 0 amide bonds. The Bertz CT molecular complexity index is 608. The van der Waals surface area contributed by atoms with Gasteiger partial charge in [0.15, 0.2) is 5.96 Å². The molecule has 2 saturated heterocycles. The lowest BCUT2D eigenvalue weighted by Gasteiger charge is -2.35. The fraction of sp³-hybridized carbons (Fsp3) is 0.818. The van der Waals surface area contributed by atoms with Crippen molar-refractivity contribution in [2.24, 2.45) is 4.99 Å². The van der Waals surface area contributed by atoms with Crippen molar-refractivity contribution in [3.8, 4) is 0 Å². The molecule has 0 aromatic carbocycles. The fourth-order valence-electron chi connectivity index (χ4n) is 3.93. The summed E-state index contributed by atoms with van der Waals surface area (Å²) in [4.78, 5) is 11.8. The second-order valence-electron chi connectivity index (χ2n) is 8.08. The van der Waals surface area contributed by atoms with E-state index >= 15 is 0 Å². The van der Waals surface area contributed by atoms with Crippen molar-refractivity contribution in [3.05, 3.63) is 16.1 Å². The van der Waals surface area contributed by atoms with Crippen LogP contribution in [0.15, 0.2) is 10.4 Å². The van der Waals surface area contributed by atoms with Crippen LogP contribution in [0.1, 0.15) is 62.6 Å². The van der Waals surface area contributed by atoms with Crippen LogP contribution in [0.4, 0.5) is 0 Å². The van der Waals surface area contributed by atoms with Gasteiger partial charge in [0, 0.05) is 43.9 Å². The van der Waals surface area contributed by atoms with Gasteiger partial charge in [-0.05, 0) is 65.2 Å².